The molecule has 0 radical (unpaired) electrons. The van der Waals surface area contributed by atoms with Crippen LogP contribution in [0.2, 0.25) is 0 Å². The fourth-order valence-electron chi connectivity index (χ4n) is 1.25. The van der Waals surface area contributed by atoms with Crippen molar-refractivity contribution < 1.29 is 9.52 Å². The minimum absolute atomic E-state index is 0.282. The molecule has 0 aliphatic rings. The van der Waals surface area contributed by atoms with Crippen molar-refractivity contribution in [1.29, 1.82) is 0 Å². The number of benzene rings is 1. The zero-order valence-corrected chi connectivity index (χ0v) is 7.03. The van der Waals surface area contributed by atoms with Crippen LogP contribution < -0.4 is 10.7 Å². The highest BCUT2D eigenvalue weighted by molar-refractivity contribution is 5.82. The van der Waals surface area contributed by atoms with Gasteiger partial charge in [0.2, 0.25) is 0 Å². The molecule has 0 aliphatic carbocycles. The molecule has 0 saturated heterocycles. The van der Waals surface area contributed by atoms with E-state index in [4.69, 9.17) is 4.42 Å². The Labute approximate surface area is 74.2 Å². The summed E-state index contributed by atoms with van der Waals surface area (Å²) < 4.78 is 4.84. The molecule has 2 aromatic rings. The van der Waals surface area contributed by atoms with Crippen molar-refractivity contribution >= 4 is 11.0 Å². The van der Waals surface area contributed by atoms with Gasteiger partial charge in [-0.25, -0.2) is 4.79 Å². The van der Waals surface area contributed by atoms with E-state index in [-0.39, 0.29) is 5.75 Å². The maximum Gasteiger partial charge on any atom is 0.335 e. The molecular formula is C10H7O3-. The maximum atomic E-state index is 11.3. The highest BCUT2D eigenvalue weighted by Gasteiger charge is 1.97. The van der Waals surface area contributed by atoms with Gasteiger partial charge in [-0.1, -0.05) is 17.4 Å². The molecule has 1 aromatic carbocycles. The molecule has 0 amide bonds. The van der Waals surface area contributed by atoms with Gasteiger partial charge in [-0.3, -0.25) is 0 Å². The van der Waals surface area contributed by atoms with Crippen LogP contribution >= 0.6 is 0 Å². The summed E-state index contributed by atoms with van der Waals surface area (Å²) in [6, 6.07) is 6.10. The lowest BCUT2D eigenvalue weighted by molar-refractivity contribution is -0.266. The van der Waals surface area contributed by atoms with Crippen molar-refractivity contribution in [2.75, 3.05) is 0 Å². The van der Waals surface area contributed by atoms with E-state index < -0.39 is 5.63 Å². The molecule has 0 fully saturated rings. The molecule has 1 heterocycles. The molecule has 66 valence electrons. The number of rotatable bonds is 0. The van der Waals surface area contributed by atoms with Gasteiger partial charge >= 0.3 is 5.63 Å². The Bertz CT molecular complexity index is 511. The molecular weight excluding hydrogens is 168 g/mol. The third kappa shape index (κ3) is 1.28. The summed E-state index contributed by atoms with van der Waals surface area (Å²) in [5.74, 6) is -0.282. The molecule has 0 atom stereocenters. The smallest absolute Gasteiger partial charge is 0.335 e. The summed E-state index contributed by atoms with van der Waals surface area (Å²) >= 11 is 0. The predicted octanol–water partition coefficient (Wildman–Crippen LogP) is 1.18. The van der Waals surface area contributed by atoms with Crippen molar-refractivity contribution in [3.8, 4) is 5.75 Å². The molecule has 3 nitrogen and oxygen atoms in total. The van der Waals surface area contributed by atoms with Gasteiger partial charge in [0.05, 0.1) is 0 Å². The van der Waals surface area contributed by atoms with Crippen molar-refractivity contribution in [3.05, 3.63) is 40.2 Å². The van der Waals surface area contributed by atoms with Gasteiger partial charge in [-0.05, 0) is 19.1 Å². The lowest BCUT2D eigenvalue weighted by atomic mass is 10.1. The molecule has 13 heavy (non-hydrogen) atoms. The largest absolute Gasteiger partial charge is 0.872 e. The molecule has 2 rings (SSSR count). The van der Waals surface area contributed by atoms with Crippen LogP contribution in [0.3, 0.4) is 0 Å². The standard InChI is InChI=1S/C10H8O3/c1-6-2-3-9-7(4-6)8(11)5-10(12)13-9/h2-5,11H,1H3/p-1. The van der Waals surface area contributed by atoms with Crippen LogP contribution in [0.4, 0.5) is 0 Å². The lowest BCUT2D eigenvalue weighted by Gasteiger charge is -2.07. The number of fused-ring (bicyclic) bond motifs is 1. The average molecular weight is 175 g/mol. The summed E-state index contributed by atoms with van der Waals surface area (Å²) in [5.41, 5.74) is 0.725. The summed E-state index contributed by atoms with van der Waals surface area (Å²) in [6.45, 7) is 1.88. The quantitative estimate of drug-likeness (QED) is 0.565. The SMILES string of the molecule is Cc1ccc2oc(=O)cc([O-])c2c1. The molecule has 0 N–H and O–H groups in total. The first-order valence-electron chi connectivity index (χ1n) is 3.88. The van der Waals surface area contributed by atoms with E-state index in [9.17, 15) is 9.90 Å². The number of hydrogen-bond acceptors (Lipinski definition) is 3. The van der Waals surface area contributed by atoms with E-state index in [1.807, 2.05) is 6.92 Å². The second kappa shape index (κ2) is 2.62. The third-order valence-electron chi connectivity index (χ3n) is 1.86. The summed E-state index contributed by atoms with van der Waals surface area (Å²) in [7, 11) is 0. The van der Waals surface area contributed by atoms with Gasteiger partial charge in [0.15, 0.2) is 0 Å². The second-order valence-corrected chi connectivity index (χ2v) is 2.93. The highest BCUT2D eigenvalue weighted by atomic mass is 16.4. The monoisotopic (exact) mass is 175 g/mol. The normalized spacial score (nSPS) is 10.5. The molecule has 0 unspecified atom stereocenters. The fraction of sp³-hybridized carbons (Fsp3) is 0.100. The van der Waals surface area contributed by atoms with Gasteiger partial charge in [-0.15, -0.1) is 0 Å². The van der Waals surface area contributed by atoms with Crippen LogP contribution in [-0.4, -0.2) is 0 Å². The first-order chi connectivity index (χ1) is 6.16. The van der Waals surface area contributed by atoms with Crippen molar-refractivity contribution in [2.45, 2.75) is 6.92 Å². The van der Waals surface area contributed by atoms with Crippen molar-refractivity contribution in [3.63, 3.8) is 0 Å². The Kier molecular flexibility index (Phi) is 1.59. The van der Waals surface area contributed by atoms with Crippen molar-refractivity contribution in [1.82, 2.24) is 0 Å². The Balaban J connectivity index is 2.95. The third-order valence-corrected chi connectivity index (χ3v) is 1.86. The van der Waals surface area contributed by atoms with E-state index in [0.29, 0.717) is 11.0 Å². The minimum atomic E-state index is -0.596. The number of aryl methyl sites for hydroxylation is 1. The summed E-state index contributed by atoms with van der Waals surface area (Å²) in [4.78, 5) is 10.8. The van der Waals surface area contributed by atoms with Crippen LogP contribution in [0, 0.1) is 6.92 Å². The van der Waals surface area contributed by atoms with E-state index in [0.717, 1.165) is 11.6 Å². The summed E-state index contributed by atoms with van der Waals surface area (Å²) in [6.07, 6.45) is 0. The summed E-state index contributed by atoms with van der Waals surface area (Å²) in [5, 5.41) is 11.7. The molecule has 3 heteroatoms. The Morgan fingerprint density at radius 2 is 2.08 bits per heavy atom. The van der Waals surface area contributed by atoms with Gasteiger partial charge in [-0.2, -0.15) is 0 Å². The maximum absolute atomic E-state index is 11.3. The lowest BCUT2D eigenvalue weighted by Crippen LogP contribution is -2.01. The highest BCUT2D eigenvalue weighted by Crippen LogP contribution is 2.20. The van der Waals surface area contributed by atoms with Crippen molar-refractivity contribution in [2.24, 2.45) is 0 Å². The predicted molar refractivity (Wildman–Crippen MR) is 46.7 cm³/mol. The van der Waals surface area contributed by atoms with Crippen LogP contribution in [0.5, 0.6) is 5.75 Å². The van der Waals surface area contributed by atoms with Gasteiger partial charge in [0.25, 0.3) is 0 Å². The second-order valence-electron chi connectivity index (χ2n) is 2.93. The zero-order valence-electron chi connectivity index (χ0n) is 7.03. The van der Waals surface area contributed by atoms with E-state index in [2.05, 4.69) is 0 Å². The van der Waals surface area contributed by atoms with Gasteiger partial charge in [0.1, 0.15) is 5.58 Å². The van der Waals surface area contributed by atoms with E-state index >= 15 is 0 Å². The van der Waals surface area contributed by atoms with E-state index in [1.165, 1.54) is 0 Å². The molecule has 0 spiro atoms. The number of hydrogen-bond donors (Lipinski definition) is 0. The Hall–Kier alpha value is -1.77. The Morgan fingerprint density at radius 1 is 1.31 bits per heavy atom. The molecule has 0 aliphatic heterocycles. The topological polar surface area (TPSA) is 53.3 Å². The van der Waals surface area contributed by atoms with Gasteiger partial charge < -0.3 is 9.52 Å². The molecule has 0 bridgehead atoms. The minimum Gasteiger partial charge on any atom is -0.872 e. The van der Waals surface area contributed by atoms with Crippen LogP contribution in [0.1, 0.15) is 5.56 Å². The Morgan fingerprint density at radius 3 is 2.85 bits per heavy atom. The average Bonchev–Trinajstić information content (AvgIpc) is 2.06. The molecule has 1 aromatic heterocycles. The van der Waals surface area contributed by atoms with Crippen LogP contribution in [-0.2, 0) is 0 Å². The van der Waals surface area contributed by atoms with E-state index in [1.54, 1.807) is 18.2 Å². The van der Waals surface area contributed by atoms with Crippen LogP contribution in [0.25, 0.3) is 11.0 Å². The van der Waals surface area contributed by atoms with Crippen LogP contribution in [0.15, 0.2) is 33.5 Å². The molecule has 0 saturated carbocycles. The first-order valence-corrected chi connectivity index (χ1v) is 3.88. The first kappa shape index (κ1) is 7.86. The zero-order chi connectivity index (χ0) is 9.42. The fourth-order valence-corrected chi connectivity index (χ4v) is 1.25. The van der Waals surface area contributed by atoms with Gasteiger partial charge in [0, 0.05) is 11.5 Å².